The Kier molecular flexibility index (Phi) is 2.17. The highest BCUT2D eigenvalue weighted by Gasteiger charge is 2.02. The summed E-state index contributed by atoms with van der Waals surface area (Å²) in [6, 6.07) is 0. The van der Waals surface area contributed by atoms with Gasteiger partial charge in [0.15, 0.2) is 0 Å². The van der Waals surface area contributed by atoms with Crippen LogP contribution in [-0.4, -0.2) is 0 Å². The first-order valence-corrected chi connectivity index (χ1v) is 3.28. The number of rotatable bonds is 1. The molecule has 1 rings (SSSR count). The molecule has 0 aliphatic heterocycles. The number of hydrogen-bond donors (Lipinski definition) is 0. The van der Waals surface area contributed by atoms with Gasteiger partial charge in [-0.1, -0.05) is 11.6 Å². The first-order chi connectivity index (χ1) is 4.33. The van der Waals surface area contributed by atoms with E-state index in [0.717, 1.165) is 18.6 Å². The molecule has 0 fully saturated rings. The molecular weight excluding hydrogens is 136 g/mol. The Morgan fingerprint density at radius 1 is 1.44 bits per heavy atom. The molecule has 1 aliphatic carbocycles. The van der Waals surface area contributed by atoms with Crippen molar-refractivity contribution >= 4 is 11.9 Å². The fraction of sp³-hybridized carbons (Fsp3) is 0.429. The molecule has 0 amide bonds. The number of hydrogen-bond acceptors (Lipinski definition) is 1. The molecule has 0 saturated carbocycles. The maximum Gasteiger partial charge on any atom is 0.134 e. The van der Waals surface area contributed by atoms with E-state index < -0.39 is 0 Å². The molecular formula is C7H9ClO. The summed E-state index contributed by atoms with van der Waals surface area (Å²) < 4.78 is 4.53. The molecule has 0 saturated heterocycles. The lowest BCUT2D eigenvalue weighted by molar-refractivity contribution is 0.442. The highest BCUT2D eigenvalue weighted by atomic mass is 35.5. The van der Waals surface area contributed by atoms with Crippen LogP contribution in [0.15, 0.2) is 23.5 Å². The van der Waals surface area contributed by atoms with Crippen molar-refractivity contribution in [1.82, 2.24) is 0 Å². The van der Waals surface area contributed by atoms with Crippen LogP contribution in [0.4, 0.5) is 0 Å². The molecule has 0 aromatic rings. The van der Waals surface area contributed by atoms with Gasteiger partial charge in [-0.05, 0) is 19.4 Å². The summed E-state index contributed by atoms with van der Waals surface area (Å²) in [5.74, 6) is 0.863. The van der Waals surface area contributed by atoms with Crippen LogP contribution in [0.1, 0.15) is 19.8 Å². The minimum absolute atomic E-state index is 0.863. The molecule has 0 spiro atoms. The fourth-order valence-electron chi connectivity index (χ4n) is 0.787. The van der Waals surface area contributed by atoms with E-state index in [1.165, 1.54) is 5.57 Å². The van der Waals surface area contributed by atoms with Crippen LogP contribution in [0.25, 0.3) is 0 Å². The molecule has 0 aromatic carbocycles. The summed E-state index contributed by atoms with van der Waals surface area (Å²) >= 11 is 5.13. The maximum absolute atomic E-state index is 5.13. The average Bonchev–Trinajstić information content (AvgIpc) is 1.90. The van der Waals surface area contributed by atoms with E-state index in [1.54, 1.807) is 0 Å². The van der Waals surface area contributed by atoms with Gasteiger partial charge in [0.25, 0.3) is 0 Å². The monoisotopic (exact) mass is 144 g/mol. The SMILES string of the molecule is CC1=CC=C(OCl)CC1. The van der Waals surface area contributed by atoms with Crippen LogP contribution < -0.4 is 0 Å². The van der Waals surface area contributed by atoms with Gasteiger partial charge >= 0.3 is 0 Å². The molecule has 50 valence electrons. The summed E-state index contributed by atoms with van der Waals surface area (Å²) in [7, 11) is 0. The Bertz CT molecular complexity index is 158. The second kappa shape index (κ2) is 2.92. The lowest BCUT2D eigenvalue weighted by Crippen LogP contribution is -1.89. The van der Waals surface area contributed by atoms with Crippen molar-refractivity contribution in [3.05, 3.63) is 23.5 Å². The first kappa shape index (κ1) is 6.69. The van der Waals surface area contributed by atoms with Gasteiger partial charge in [-0.25, -0.2) is 0 Å². The van der Waals surface area contributed by atoms with E-state index in [4.69, 9.17) is 11.9 Å². The predicted octanol–water partition coefficient (Wildman–Crippen LogP) is 2.78. The van der Waals surface area contributed by atoms with Crippen molar-refractivity contribution in [2.75, 3.05) is 0 Å². The molecule has 0 heterocycles. The van der Waals surface area contributed by atoms with Gasteiger partial charge < -0.3 is 4.29 Å². The van der Waals surface area contributed by atoms with Gasteiger partial charge in [0.2, 0.25) is 0 Å². The van der Waals surface area contributed by atoms with Crippen LogP contribution in [0.5, 0.6) is 0 Å². The van der Waals surface area contributed by atoms with E-state index in [-0.39, 0.29) is 0 Å². The topological polar surface area (TPSA) is 9.23 Å². The highest BCUT2D eigenvalue weighted by Crippen LogP contribution is 2.18. The zero-order valence-corrected chi connectivity index (χ0v) is 6.11. The van der Waals surface area contributed by atoms with E-state index in [0.29, 0.717) is 0 Å². The standard InChI is InChI=1S/C7H9ClO/c1-6-2-4-7(9-8)5-3-6/h2,4H,3,5H2,1H3. The van der Waals surface area contributed by atoms with E-state index >= 15 is 0 Å². The molecule has 1 nitrogen and oxygen atoms in total. The van der Waals surface area contributed by atoms with Crippen molar-refractivity contribution in [2.24, 2.45) is 0 Å². The second-order valence-electron chi connectivity index (χ2n) is 2.22. The summed E-state index contributed by atoms with van der Waals surface area (Å²) in [6.07, 6.45) is 5.94. The minimum Gasteiger partial charge on any atom is -0.390 e. The van der Waals surface area contributed by atoms with Crippen molar-refractivity contribution in [3.8, 4) is 0 Å². The van der Waals surface area contributed by atoms with Gasteiger partial charge in [-0.15, -0.1) is 0 Å². The molecule has 0 aromatic heterocycles. The van der Waals surface area contributed by atoms with Crippen molar-refractivity contribution < 1.29 is 4.29 Å². The Morgan fingerprint density at radius 2 is 2.22 bits per heavy atom. The minimum atomic E-state index is 0.863. The van der Waals surface area contributed by atoms with Crippen LogP contribution in [0.2, 0.25) is 0 Å². The largest absolute Gasteiger partial charge is 0.390 e. The smallest absolute Gasteiger partial charge is 0.134 e. The molecule has 0 atom stereocenters. The summed E-state index contributed by atoms with van der Waals surface area (Å²) in [4.78, 5) is 0. The molecule has 0 unspecified atom stereocenters. The van der Waals surface area contributed by atoms with Crippen LogP contribution >= 0.6 is 11.9 Å². The van der Waals surface area contributed by atoms with Gasteiger partial charge in [0.1, 0.15) is 17.6 Å². The van der Waals surface area contributed by atoms with E-state index in [1.807, 2.05) is 12.2 Å². The predicted molar refractivity (Wildman–Crippen MR) is 38.0 cm³/mol. The van der Waals surface area contributed by atoms with E-state index in [9.17, 15) is 0 Å². The Morgan fingerprint density at radius 3 is 2.67 bits per heavy atom. The molecule has 0 radical (unpaired) electrons. The first-order valence-electron chi connectivity index (χ1n) is 2.98. The molecule has 2 heteroatoms. The third-order valence-electron chi connectivity index (χ3n) is 1.42. The fourth-order valence-corrected chi connectivity index (χ4v) is 0.915. The van der Waals surface area contributed by atoms with Crippen LogP contribution in [0, 0.1) is 0 Å². The molecule has 0 N–H and O–H groups in total. The molecule has 0 bridgehead atoms. The van der Waals surface area contributed by atoms with Crippen molar-refractivity contribution in [2.45, 2.75) is 19.8 Å². The normalized spacial score (nSPS) is 18.4. The Labute approximate surface area is 60.1 Å². The molecule has 1 aliphatic rings. The van der Waals surface area contributed by atoms with Gasteiger partial charge in [-0.3, -0.25) is 0 Å². The Hall–Kier alpha value is -0.430. The van der Waals surface area contributed by atoms with Crippen LogP contribution in [0.3, 0.4) is 0 Å². The zero-order valence-electron chi connectivity index (χ0n) is 5.36. The average molecular weight is 145 g/mol. The van der Waals surface area contributed by atoms with Crippen LogP contribution in [-0.2, 0) is 4.29 Å². The van der Waals surface area contributed by atoms with Gasteiger partial charge in [0, 0.05) is 6.42 Å². The lowest BCUT2D eigenvalue weighted by atomic mass is 10.1. The van der Waals surface area contributed by atoms with Crippen molar-refractivity contribution in [3.63, 3.8) is 0 Å². The number of allylic oxidation sites excluding steroid dienone is 4. The zero-order chi connectivity index (χ0) is 6.69. The summed E-state index contributed by atoms with van der Waals surface area (Å²) in [5.41, 5.74) is 1.38. The van der Waals surface area contributed by atoms with E-state index in [2.05, 4.69) is 11.2 Å². The third-order valence-corrected chi connectivity index (χ3v) is 1.62. The van der Waals surface area contributed by atoms with Crippen molar-refractivity contribution in [1.29, 1.82) is 0 Å². The van der Waals surface area contributed by atoms with Gasteiger partial charge in [-0.2, -0.15) is 0 Å². The third kappa shape index (κ3) is 1.75. The quantitative estimate of drug-likeness (QED) is 0.550. The lowest BCUT2D eigenvalue weighted by Gasteiger charge is -2.07. The maximum atomic E-state index is 5.13. The Balaban J connectivity index is 2.59. The highest BCUT2D eigenvalue weighted by molar-refractivity contribution is 6.08. The second-order valence-corrected chi connectivity index (χ2v) is 2.38. The van der Waals surface area contributed by atoms with Gasteiger partial charge in [0.05, 0.1) is 0 Å². The summed E-state index contributed by atoms with van der Waals surface area (Å²) in [5, 5.41) is 0. The summed E-state index contributed by atoms with van der Waals surface area (Å²) in [6.45, 7) is 2.10. The number of halogens is 1. The molecule has 9 heavy (non-hydrogen) atoms.